The van der Waals surface area contributed by atoms with Crippen molar-refractivity contribution < 1.29 is 9.47 Å². The van der Waals surface area contributed by atoms with Crippen LogP contribution in [0, 0.1) is 27.7 Å². The first-order chi connectivity index (χ1) is 9.56. The van der Waals surface area contributed by atoms with Gasteiger partial charge in [-0.15, -0.1) is 0 Å². The summed E-state index contributed by atoms with van der Waals surface area (Å²) in [5.41, 5.74) is 4.73. The Morgan fingerprint density at radius 3 is 1.45 bits per heavy atom. The van der Waals surface area contributed by atoms with Gasteiger partial charge in [-0.25, -0.2) is 0 Å². The van der Waals surface area contributed by atoms with E-state index in [2.05, 4.69) is 64.1 Å². The highest BCUT2D eigenvalue weighted by Crippen LogP contribution is 2.20. The molecule has 0 aliphatic rings. The van der Waals surface area contributed by atoms with Gasteiger partial charge < -0.3 is 9.47 Å². The third-order valence-corrected chi connectivity index (χ3v) is 3.29. The van der Waals surface area contributed by atoms with Crippen molar-refractivity contribution in [2.45, 2.75) is 27.7 Å². The first-order valence-electron chi connectivity index (χ1n) is 6.96. The van der Waals surface area contributed by atoms with Crippen LogP contribution in [-0.4, -0.2) is 13.2 Å². The van der Waals surface area contributed by atoms with Gasteiger partial charge in [-0.2, -0.15) is 0 Å². The molecule has 20 heavy (non-hydrogen) atoms. The fraction of sp³-hybridized carbons (Fsp3) is 0.333. The van der Waals surface area contributed by atoms with Crippen LogP contribution in [0.3, 0.4) is 0 Å². The molecular weight excluding hydrogens is 248 g/mol. The molecule has 0 amide bonds. The van der Waals surface area contributed by atoms with E-state index < -0.39 is 0 Å². The first-order valence-corrected chi connectivity index (χ1v) is 6.96. The van der Waals surface area contributed by atoms with Crippen molar-refractivity contribution in [3.05, 3.63) is 58.7 Å². The zero-order chi connectivity index (χ0) is 14.5. The van der Waals surface area contributed by atoms with E-state index in [-0.39, 0.29) is 0 Å². The Bertz CT molecular complexity index is 534. The number of hydrogen-bond acceptors (Lipinski definition) is 2. The number of rotatable bonds is 5. The minimum atomic E-state index is 0.553. The Kier molecular flexibility index (Phi) is 4.67. The molecule has 0 unspecified atom stereocenters. The quantitative estimate of drug-likeness (QED) is 0.751. The molecule has 0 saturated carbocycles. The highest BCUT2D eigenvalue weighted by Gasteiger charge is 2.02. The molecule has 2 heteroatoms. The zero-order valence-corrected chi connectivity index (χ0v) is 12.7. The van der Waals surface area contributed by atoms with Crippen LogP contribution in [0.25, 0.3) is 0 Å². The van der Waals surface area contributed by atoms with Crippen molar-refractivity contribution in [3.8, 4) is 11.5 Å². The van der Waals surface area contributed by atoms with E-state index in [0.29, 0.717) is 13.2 Å². The Hall–Kier alpha value is -1.96. The van der Waals surface area contributed by atoms with E-state index in [4.69, 9.17) is 9.47 Å². The van der Waals surface area contributed by atoms with E-state index in [9.17, 15) is 0 Å². The number of ether oxygens (including phenoxy) is 2. The topological polar surface area (TPSA) is 18.5 Å². The second-order valence-corrected chi connectivity index (χ2v) is 5.23. The maximum atomic E-state index is 5.78. The molecule has 2 aromatic carbocycles. The fourth-order valence-corrected chi connectivity index (χ4v) is 2.03. The zero-order valence-electron chi connectivity index (χ0n) is 12.7. The number of aryl methyl sites for hydroxylation is 4. The molecule has 2 rings (SSSR count). The summed E-state index contributed by atoms with van der Waals surface area (Å²) >= 11 is 0. The minimum absolute atomic E-state index is 0.553. The average molecular weight is 270 g/mol. The van der Waals surface area contributed by atoms with E-state index in [1.54, 1.807) is 0 Å². The van der Waals surface area contributed by atoms with Gasteiger partial charge in [0.2, 0.25) is 0 Å². The molecule has 2 nitrogen and oxygen atoms in total. The summed E-state index contributed by atoms with van der Waals surface area (Å²) in [4.78, 5) is 0. The summed E-state index contributed by atoms with van der Waals surface area (Å²) < 4.78 is 11.6. The maximum absolute atomic E-state index is 5.78. The average Bonchev–Trinajstić information content (AvgIpc) is 2.42. The predicted octanol–water partition coefficient (Wildman–Crippen LogP) is 4.38. The van der Waals surface area contributed by atoms with Gasteiger partial charge in [-0.1, -0.05) is 24.3 Å². The van der Waals surface area contributed by atoms with E-state index in [1.165, 1.54) is 11.1 Å². The third-order valence-electron chi connectivity index (χ3n) is 3.29. The fourth-order valence-electron chi connectivity index (χ4n) is 2.03. The largest absolute Gasteiger partial charge is 0.490 e. The molecule has 0 saturated heterocycles. The molecule has 0 atom stereocenters. The molecule has 2 aromatic rings. The summed E-state index contributed by atoms with van der Waals surface area (Å²) in [5, 5.41) is 0. The Morgan fingerprint density at radius 2 is 1.05 bits per heavy atom. The predicted molar refractivity (Wildman–Crippen MR) is 82.8 cm³/mol. The van der Waals surface area contributed by atoms with Crippen LogP contribution in [0.2, 0.25) is 0 Å². The standard InChI is InChI=1S/C18H22O2/c1-13-5-7-15(3)17(11-13)19-9-10-20-18-12-14(2)6-8-16(18)4/h5-8,11-12H,9-10H2,1-4H3. The van der Waals surface area contributed by atoms with Gasteiger partial charge in [-0.05, 0) is 62.1 Å². The molecular formula is C18H22O2. The molecule has 0 aliphatic heterocycles. The maximum Gasteiger partial charge on any atom is 0.122 e. The van der Waals surface area contributed by atoms with Crippen LogP contribution in [0.1, 0.15) is 22.3 Å². The van der Waals surface area contributed by atoms with E-state index >= 15 is 0 Å². The molecule has 0 fully saturated rings. The number of hydrogen-bond donors (Lipinski definition) is 0. The highest BCUT2D eigenvalue weighted by atomic mass is 16.5. The SMILES string of the molecule is Cc1ccc(C)c(OCCOc2cc(C)ccc2C)c1. The van der Waals surface area contributed by atoms with Crippen LogP contribution in [0.15, 0.2) is 36.4 Å². The normalized spacial score (nSPS) is 10.4. The minimum Gasteiger partial charge on any atom is -0.490 e. The second-order valence-electron chi connectivity index (χ2n) is 5.23. The van der Waals surface area contributed by atoms with Crippen molar-refractivity contribution in [1.82, 2.24) is 0 Å². The first kappa shape index (κ1) is 14.4. The third kappa shape index (κ3) is 3.77. The molecule has 0 N–H and O–H groups in total. The Morgan fingerprint density at radius 1 is 0.650 bits per heavy atom. The number of benzene rings is 2. The lowest BCUT2D eigenvalue weighted by molar-refractivity contribution is 0.215. The second kappa shape index (κ2) is 6.47. The molecule has 0 aliphatic carbocycles. The summed E-state index contributed by atoms with van der Waals surface area (Å²) in [6.07, 6.45) is 0. The summed E-state index contributed by atoms with van der Waals surface area (Å²) in [7, 11) is 0. The van der Waals surface area contributed by atoms with Crippen molar-refractivity contribution in [2.75, 3.05) is 13.2 Å². The van der Waals surface area contributed by atoms with Gasteiger partial charge in [0.05, 0.1) is 0 Å². The highest BCUT2D eigenvalue weighted by molar-refractivity contribution is 5.37. The van der Waals surface area contributed by atoms with Gasteiger partial charge in [0.25, 0.3) is 0 Å². The van der Waals surface area contributed by atoms with Crippen molar-refractivity contribution in [3.63, 3.8) is 0 Å². The summed E-state index contributed by atoms with van der Waals surface area (Å²) in [6, 6.07) is 12.5. The van der Waals surface area contributed by atoms with Crippen LogP contribution in [0.5, 0.6) is 11.5 Å². The Balaban J connectivity index is 1.87. The van der Waals surface area contributed by atoms with Gasteiger partial charge in [0.1, 0.15) is 24.7 Å². The van der Waals surface area contributed by atoms with Crippen molar-refractivity contribution in [2.24, 2.45) is 0 Å². The van der Waals surface area contributed by atoms with Gasteiger partial charge in [0, 0.05) is 0 Å². The van der Waals surface area contributed by atoms with E-state index in [1.807, 2.05) is 0 Å². The lowest BCUT2D eigenvalue weighted by Crippen LogP contribution is -2.10. The summed E-state index contributed by atoms with van der Waals surface area (Å²) in [6.45, 7) is 9.35. The van der Waals surface area contributed by atoms with Crippen LogP contribution < -0.4 is 9.47 Å². The van der Waals surface area contributed by atoms with Crippen LogP contribution >= 0.6 is 0 Å². The van der Waals surface area contributed by atoms with Crippen molar-refractivity contribution >= 4 is 0 Å². The monoisotopic (exact) mass is 270 g/mol. The molecule has 0 radical (unpaired) electrons. The molecule has 106 valence electrons. The molecule has 0 bridgehead atoms. The molecule has 0 heterocycles. The molecule has 0 aromatic heterocycles. The smallest absolute Gasteiger partial charge is 0.122 e. The summed E-state index contributed by atoms with van der Waals surface area (Å²) in [5.74, 6) is 1.88. The van der Waals surface area contributed by atoms with Gasteiger partial charge in [-0.3, -0.25) is 0 Å². The van der Waals surface area contributed by atoms with Crippen LogP contribution in [-0.2, 0) is 0 Å². The van der Waals surface area contributed by atoms with Crippen molar-refractivity contribution in [1.29, 1.82) is 0 Å². The van der Waals surface area contributed by atoms with Gasteiger partial charge in [0.15, 0.2) is 0 Å². The lowest BCUT2D eigenvalue weighted by atomic mass is 10.1. The lowest BCUT2D eigenvalue weighted by Gasteiger charge is -2.12. The molecule has 0 spiro atoms. The Labute approximate surface area is 121 Å². The van der Waals surface area contributed by atoms with Gasteiger partial charge >= 0.3 is 0 Å². The van der Waals surface area contributed by atoms with Crippen LogP contribution in [0.4, 0.5) is 0 Å². The van der Waals surface area contributed by atoms with E-state index in [0.717, 1.165) is 22.6 Å².